The van der Waals surface area contributed by atoms with Crippen LogP contribution in [0.5, 0.6) is 0 Å². The van der Waals surface area contributed by atoms with Crippen molar-refractivity contribution < 1.29 is 39.3 Å². The third-order valence-electron chi connectivity index (χ3n) is 4.22. The largest absolute Gasteiger partial charge is 0.481 e. The van der Waals surface area contributed by atoms with Gasteiger partial charge in [-0.3, -0.25) is 19.2 Å². The summed E-state index contributed by atoms with van der Waals surface area (Å²) < 4.78 is 0. The van der Waals surface area contributed by atoms with Crippen molar-refractivity contribution >= 4 is 42.3 Å². The van der Waals surface area contributed by atoms with Crippen LogP contribution in [0.3, 0.4) is 0 Å². The topological polar surface area (TPSA) is 237 Å². The monoisotopic (exact) mass is 474 g/mol. The number of carboxylic acid groups (broad SMARTS) is 2. The molecule has 0 saturated heterocycles. The zero-order valence-electron chi connectivity index (χ0n) is 16.9. The molecule has 32 heavy (non-hydrogen) atoms. The summed E-state index contributed by atoms with van der Waals surface area (Å²) in [5.41, 5.74) is 5.85. The highest BCUT2D eigenvalue weighted by Crippen LogP contribution is 2.04. The molecule has 178 valence electrons. The number of carbonyl (C=O) groups excluding carboxylic acids is 3. The van der Waals surface area contributed by atoms with Gasteiger partial charge in [-0.1, -0.05) is 0 Å². The lowest BCUT2D eigenvalue weighted by atomic mass is 10.1. The van der Waals surface area contributed by atoms with E-state index >= 15 is 0 Å². The molecule has 3 amide bonds. The van der Waals surface area contributed by atoms with Crippen molar-refractivity contribution in [2.45, 2.75) is 43.4 Å². The molecular weight excluding hydrogens is 448 g/mol. The fourth-order valence-corrected chi connectivity index (χ4v) is 2.70. The minimum absolute atomic E-state index is 0.105. The first-order valence-electron chi connectivity index (χ1n) is 9.39. The average Bonchev–Trinajstić information content (AvgIpc) is 3.25. The maximum atomic E-state index is 12.8. The number of nitrogens with two attached hydrogens (primary N) is 1. The van der Waals surface area contributed by atoms with Gasteiger partial charge in [-0.05, 0) is 6.42 Å². The Kier molecular flexibility index (Phi) is 11.2. The lowest BCUT2D eigenvalue weighted by Crippen LogP contribution is -2.58. The summed E-state index contributed by atoms with van der Waals surface area (Å²) >= 11 is 3.87. The maximum Gasteiger partial charge on any atom is 0.327 e. The fourth-order valence-electron chi connectivity index (χ4n) is 2.45. The molecule has 0 spiro atoms. The van der Waals surface area contributed by atoms with E-state index in [2.05, 4.69) is 38.5 Å². The van der Waals surface area contributed by atoms with Crippen LogP contribution in [0.2, 0.25) is 0 Å². The SMILES string of the molecule is NC(CO)C(=O)NC(CCC(=O)O)C(=O)NC(Cc1cnc[nH]1)C(=O)NC(CS)C(=O)O. The zero-order chi connectivity index (χ0) is 24.3. The van der Waals surface area contributed by atoms with Gasteiger partial charge in [0.25, 0.3) is 0 Å². The minimum Gasteiger partial charge on any atom is -0.481 e. The van der Waals surface area contributed by atoms with Gasteiger partial charge in [0, 0.05) is 30.5 Å². The second-order valence-electron chi connectivity index (χ2n) is 6.71. The van der Waals surface area contributed by atoms with Crippen LogP contribution in [0.25, 0.3) is 0 Å². The summed E-state index contributed by atoms with van der Waals surface area (Å²) in [7, 11) is 0. The second kappa shape index (κ2) is 13.3. The molecule has 0 aliphatic carbocycles. The number of nitrogens with zero attached hydrogens (tertiary/aromatic N) is 1. The number of hydrogen-bond donors (Lipinski definition) is 9. The first-order valence-corrected chi connectivity index (χ1v) is 10.0. The molecule has 0 fully saturated rings. The zero-order valence-corrected chi connectivity index (χ0v) is 17.7. The predicted octanol–water partition coefficient (Wildman–Crippen LogP) is -3.39. The van der Waals surface area contributed by atoms with Crippen LogP contribution in [-0.4, -0.2) is 91.5 Å². The molecule has 1 heterocycles. The van der Waals surface area contributed by atoms with Crippen molar-refractivity contribution in [2.24, 2.45) is 5.73 Å². The predicted molar refractivity (Wildman–Crippen MR) is 112 cm³/mol. The summed E-state index contributed by atoms with van der Waals surface area (Å²) in [6.45, 7) is -0.704. The Labute approximate surface area is 187 Å². The van der Waals surface area contributed by atoms with Crippen molar-refractivity contribution in [3.63, 3.8) is 0 Å². The van der Waals surface area contributed by atoms with Crippen molar-refractivity contribution in [2.75, 3.05) is 12.4 Å². The van der Waals surface area contributed by atoms with Crippen molar-refractivity contribution in [3.8, 4) is 0 Å². The first kappa shape index (κ1) is 26.9. The number of hydrogen-bond acceptors (Lipinski definition) is 9. The number of rotatable bonds is 14. The summed E-state index contributed by atoms with van der Waals surface area (Å²) in [5.74, 6) is -5.40. The molecule has 0 aromatic carbocycles. The molecule has 1 rings (SSSR count). The second-order valence-corrected chi connectivity index (χ2v) is 7.07. The Morgan fingerprint density at radius 2 is 1.62 bits per heavy atom. The van der Waals surface area contributed by atoms with E-state index in [1.54, 1.807) is 0 Å². The Bertz CT molecular complexity index is 805. The van der Waals surface area contributed by atoms with Crippen molar-refractivity contribution in [3.05, 3.63) is 18.2 Å². The molecule has 4 unspecified atom stereocenters. The van der Waals surface area contributed by atoms with Gasteiger partial charge in [-0.25, -0.2) is 9.78 Å². The highest BCUT2D eigenvalue weighted by Gasteiger charge is 2.30. The van der Waals surface area contributed by atoms with Gasteiger partial charge in [0.05, 0.1) is 12.9 Å². The molecular formula is C17H26N6O8S. The van der Waals surface area contributed by atoms with E-state index < -0.39 is 66.9 Å². The van der Waals surface area contributed by atoms with E-state index in [1.165, 1.54) is 12.5 Å². The van der Waals surface area contributed by atoms with Gasteiger partial charge in [0.15, 0.2) is 0 Å². The number of aliphatic hydroxyl groups excluding tert-OH is 1. The normalized spacial score (nSPS) is 14.5. The third-order valence-corrected chi connectivity index (χ3v) is 4.59. The van der Waals surface area contributed by atoms with Crippen molar-refractivity contribution in [1.29, 1.82) is 0 Å². The van der Waals surface area contributed by atoms with Crippen LogP contribution < -0.4 is 21.7 Å². The summed E-state index contributed by atoms with van der Waals surface area (Å²) in [6, 6.07) is -5.34. The van der Waals surface area contributed by atoms with E-state index in [0.29, 0.717) is 5.69 Å². The molecule has 15 heteroatoms. The van der Waals surface area contributed by atoms with E-state index in [-0.39, 0.29) is 18.6 Å². The molecule has 4 atom stereocenters. The molecule has 14 nitrogen and oxygen atoms in total. The first-order chi connectivity index (χ1) is 15.1. The highest BCUT2D eigenvalue weighted by atomic mass is 32.1. The number of H-pyrrole nitrogens is 1. The van der Waals surface area contributed by atoms with Crippen LogP contribution in [-0.2, 0) is 30.4 Å². The number of thiol groups is 1. The molecule has 9 N–H and O–H groups in total. The standard InChI is InChI=1S/C17H26N6O8S/c18-9(5-24)14(27)21-10(1-2-13(25)26)15(28)22-11(3-8-4-19-7-20-8)16(29)23-12(6-32)17(30)31/h4,7,9-12,24,32H,1-3,5-6,18H2,(H,19,20)(H,21,27)(H,22,28)(H,23,29)(H,25,26)(H,30,31). The number of aliphatic carboxylic acids is 2. The van der Waals surface area contributed by atoms with Crippen LogP contribution >= 0.6 is 12.6 Å². The molecule has 0 aliphatic heterocycles. The number of imidazole rings is 1. The quantitative estimate of drug-likeness (QED) is 0.121. The van der Waals surface area contributed by atoms with Crippen LogP contribution in [0.1, 0.15) is 18.5 Å². The van der Waals surface area contributed by atoms with E-state index in [4.69, 9.17) is 21.1 Å². The summed E-state index contributed by atoms with van der Waals surface area (Å²) in [5, 5.41) is 33.9. The molecule has 1 aromatic heterocycles. The summed E-state index contributed by atoms with van der Waals surface area (Å²) in [6.07, 6.45) is 1.82. The number of aliphatic hydroxyl groups is 1. The fraction of sp³-hybridized carbons (Fsp3) is 0.529. The highest BCUT2D eigenvalue weighted by molar-refractivity contribution is 7.80. The van der Waals surface area contributed by atoms with E-state index in [1.807, 2.05) is 0 Å². The smallest absolute Gasteiger partial charge is 0.327 e. The van der Waals surface area contributed by atoms with Gasteiger partial charge in [-0.15, -0.1) is 0 Å². The Morgan fingerprint density at radius 3 is 2.12 bits per heavy atom. The van der Waals surface area contributed by atoms with Gasteiger partial charge in [-0.2, -0.15) is 12.6 Å². The third kappa shape index (κ3) is 8.91. The molecule has 0 saturated carbocycles. The van der Waals surface area contributed by atoms with E-state index in [0.717, 1.165) is 0 Å². The van der Waals surface area contributed by atoms with Gasteiger partial charge in [0.2, 0.25) is 17.7 Å². The number of nitrogens with one attached hydrogen (secondary N) is 4. The Morgan fingerprint density at radius 1 is 1.03 bits per heavy atom. The van der Waals surface area contributed by atoms with Gasteiger partial charge < -0.3 is 42.0 Å². The molecule has 0 bridgehead atoms. The number of aromatic amines is 1. The number of carbonyl (C=O) groups is 5. The van der Waals surface area contributed by atoms with Crippen LogP contribution in [0.4, 0.5) is 0 Å². The lowest BCUT2D eigenvalue weighted by Gasteiger charge is -2.24. The van der Waals surface area contributed by atoms with Crippen LogP contribution in [0.15, 0.2) is 12.5 Å². The lowest BCUT2D eigenvalue weighted by molar-refractivity contribution is -0.141. The minimum atomic E-state index is -1.38. The summed E-state index contributed by atoms with van der Waals surface area (Å²) in [4.78, 5) is 66.1. The molecule has 1 aromatic rings. The Hall–Kier alpha value is -3.17. The van der Waals surface area contributed by atoms with Gasteiger partial charge in [0.1, 0.15) is 24.2 Å². The van der Waals surface area contributed by atoms with Gasteiger partial charge >= 0.3 is 11.9 Å². The van der Waals surface area contributed by atoms with Crippen LogP contribution in [0, 0.1) is 0 Å². The average molecular weight is 474 g/mol. The number of amides is 3. The molecule has 0 aliphatic rings. The molecule has 0 radical (unpaired) electrons. The Balaban J connectivity index is 3.03. The van der Waals surface area contributed by atoms with E-state index in [9.17, 15) is 24.0 Å². The number of carboxylic acids is 2. The maximum absolute atomic E-state index is 12.8. The number of aromatic nitrogens is 2. The van der Waals surface area contributed by atoms with Crippen molar-refractivity contribution in [1.82, 2.24) is 25.9 Å².